The van der Waals surface area contributed by atoms with Crippen LogP contribution in [0, 0.1) is 3.57 Å². The lowest BCUT2D eigenvalue weighted by Crippen LogP contribution is -1.95. The number of carbonyl (C=O) groups excluding carboxylic acids is 1. The summed E-state index contributed by atoms with van der Waals surface area (Å²) in [4.78, 5) is 11.1. The van der Waals surface area contributed by atoms with Gasteiger partial charge in [-0.05, 0) is 40.8 Å². The van der Waals surface area contributed by atoms with Gasteiger partial charge in [0.2, 0.25) is 0 Å². The number of halogens is 1. The van der Waals surface area contributed by atoms with E-state index >= 15 is 0 Å². The third kappa shape index (κ3) is 1.89. The molecular formula is C9H7IO. The maximum Gasteiger partial charge on any atom is 0.186 e. The second-order valence-electron chi connectivity index (χ2n) is 2.05. The van der Waals surface area contributed by atoms with Gasteiger partial charge < -0.3 is 0 Å². The minimum Gasteiger partial charge on any atom is -0.289 e. The quantitative estimate of drug-likeness (QED) is 0.452. The molecule has 0 aliphatic carbocycles. The van der Waals surface area contributed by atoms with Crippen molar-refractivity contribution in [2.45, 2.75) is 0 Å². The first-order chi connectivity index (χ1) is 5.25. The monoisotopic (exact) mass is 258 g/mol. The first-order valence-electron chi connectivity index (χ1n) is 3.17. The molecule has 2 heteroatoms. The molecule has 56 valence electrons. The summed E-state index contributed by atoms with van der Waals surface area (Å²) in [5.74, 6) is -0.0185. The Balaban J connectivity index is 3.13. The Labute approximate surface area is 79.3 Å². The largest absolute Gasteiger partial charge is 0.289 e. The number of carbonyl (C=O) groups is 1. The molecule has 11 heavy (non-hydrogen) atoms. The van der Waals surface area contributed by atoms with Gasteiger partial charge >= 0.3 is 0 Å². The Kier molecular flexibility index (Phi) is 2.82. The fraction of sp³-hybridized carbons (Fsp3) is 0. The van der Waals surface area contributed by atoms with Crippen LogP contribution in [-0.2, 0) is 0 Å². The van der Waals surface area contributed by atoms with Crippen LogP contribution >= 0.6 is 22.6 Å². The van der Waals surface area contributed by atoms with Crippen molar-refractivity contribution < 1.29 is 4.79 Å². The maximum absolute atomic E-state index is 11.1. The van der Waals surface area contributed by atoms with Gasteiger partial charge in [0.15, 0.2) is 5.78 Å². The van der Waals surface area contributed by atoms with Crippen LogP contribution < -0.4 is 0 Å². The molecule has 1 aromatic rings. The molecule has 0 aliphatic heterocycles. The number of benzene rings is 1. The zero-order valence-electron chi connectivity index (χ0n) is 5.88. The van der Waals surface area contributed by atoms with Crippen LogP contribution in [0.1, 0.15) is 10.4 Å². The van der Waals surface area contributed by atoms with Crippen molar-refractivity contribution in [3.8, 4) is 0 Å². The van der Waals surface area contributed by atoms with E-state index in [1.54, 1.807) is 6.07 Å². The topological polar surface area (TPSA) is 17.1 Å². The average Bonchev–Trinajstić information content (AvgIpc) is 2.04. The smallest absolute Gasteiger partial charge is 0.186 e. The number of allylic oxidation sites excluding steroid dienone is 1. The van der Waals surface area contributed by atoms with Crippen molar-refractivity contribution >= 4 is 28.4 Å². The Morgan fingerprint density at radius 3 is 2.64 bits per heavy atom. The van der Waals surface area contributed by atoms with Gasteiger partial charge in [0, 0.05) is 9.13 Å². The predicted molar refractivity (Wildman–Crippen MR) is 53.7 cm³/mol. The minimum atomic E-state index is -0.0185. The molecule has 0 atom stereocenters. The van der Waals surface area contributed by atoms with Crippen molar-refractivity contribution in [1.29, 1.82) is 0 Å². The van der Waals surface area contributed by atoms with E-state index in [1.807, 2.05) is 18.2 Å². The van der Waals surface area contributed by atoms with Gasteiger partial charge in [-0.3, -0.25) is 4.79 Å². The van der Waals surface area contributed by atoms with Crippen molar-refractivity contribution in [3.05, 3.63) is 46.1 Å². The Hall–Kier alpha value is -0.640. The summed E-state index contributed by atoms with van der Waals surface area (Å²) in [5.41, 5.74) is 0.725. The highest BCUT2D eigenvalue weighted by Gasteiger charge is 2.03. The van der Waals surface area contributed by atoms with Gasteiger partial charge in [-0.25, -0.2) is 0 Å². The number of rotatable bonds is 2. The van der Waals surface area contributed by atoms with Crippen LogP contribution in [0.3, 0.4) is 0 Å². The van der Waals surface area contributed by atoms with Gasteiger partial charge in [0.1, 0.15) is 0 Å². The van der Waals surface area contributed by atoms with E-state index in [0.29, 0.717) is 0 Å². The molecule has 0 radical (unpaired) electrons. The minimum absolute atomic E-state index is 0.0185. The van der Waals surface area contributed by atoms with Gasteiger partial charge in [0.25, 0.3) is 0 Å². The van der Waals surface area contributed by atoms with Crippen LogP contribution in [0.2, 0.25) is 0 Å². The van der Waals surface area contributed by atoms with E-state index in [-0.39, 0.29) is 5.78 Å². The predicted octanol–water partition coefficient (Wildman–Crippen LogP) is 2.66. The molecule has 0 fully saturated rings. The van der Waals surface area contributed by atoms with E-state index < -0.39 is 0 Å². The van der Waals surface area contributed by atoms with E-state index in [4.69, 9.17) is 0 Å². The molecule has 1 nitrogen and oxygen atoms in total. The van der Waals surface area contributed by atoms with E-state index in [2.05, 4.69) is 29.2 Å². The van der Waals surface area contributed by atoms with Crippen molar-refractivity contribution in [2.75, 3.05) is 0 Å². The highest BCUT2D eigenvalue weighted by Crippen LogP contribution is 2.11. The molecule has 0 spiro atoms. The second-order valence-corrected chi connectivity index (χ2v) is 3.21. The summed E-state index contributed by atoms with van der Waals surface area (Å²) >= 11 is 2.13. The van der Waals surface area contributed by atoms with Crippen LogP contribution in [0.25, 0.3) is 0 Å². The summed E-state index contributed by atoms with van der Waals surface area (Å²) in [6.45, 7) is 3.43. The third-order valence-corrected chi connectivity index (χ3v) is 2.27. The van der Waals surface area contributed by atoms with Crippen molar-refractivity contribution in [3.63, 3.8) is 0 Å². The Morgan fingerprint density at radius 1 is 1.45 bits per heavy atom. The fourth-order valence-electron chi connectivity index (χ4n) is 0.771. The summed E-state index contributed by atoms with van der Waals surface area (Å²) in [6.07, 6.45) is 1.33. The van der Waals surface area contributed by atoms with Crippen LogP contribution in [0.15, 0.2) is 36.9 Å². The number of hydrogen-bond acceptors (Lipinski definition) is 1. The zero-order chi connectivity index (χ0) is 8.27. The van der Waals surface area contributed by atoms with Crippen molar-refractivity contribution in [1.82, 2.24) is 0 Å². The molecule has 0 N–H and O–H groups in total. The third-order valence-electron chi connectivity index (χ3n) is 1.32. The SMILES string of the molecule is C=CC(=O)c1ccccc1I. The highest BCUT2D eigenvalue weighted by molar-refractivity contribution is 14.1. The first-order valence-corrected chi connectivity index (χ1v) is 4.25. The summed E-state index contributed by atoms with van der Waals surface area (Å²) in [6, 6.07) is 7.45. The van der Waals surface area contributed by atoms with Gasteiger partial charge in [-0.1, -0.05) is 18.7 Å². The second kappa shape index (κ2) is 3.67. The lowest BCUT2D eigenvalue weighted by Gasteiger charge is -1.96. The molecule has 0 bridgehead atoms. The molecule has 0 unspecified atom stereocenters. The summed E-state index contributed by atoms with van der Waals surface area (Å²) in [7, 11) is 0. The Bertz CT molecular complexity index is 291. The fourth-order valence-corrected chi connectivity index (χ4v) is 1.42. The maximum atomic E-state index is 11.1. The summed E-state index contributed by atoms with van der Waals surface area (Å²) < 4.78 is 0.968. The normalized spacial score (nSPS) is 9.18. The highest BCUT2D eigenvalue weighted by atomic mass is 127. The average molecular weight is 258 g/mol. The molecule has 0 heterocycles. The van der Waals surface area contributed by atoms with Gasteiger partial charge in [0.05, 0.1) is 0 Å². The van der Waals surface area contributed by atoms with Crippen molar-refractivity contribution in [2.24, 2.45) is 0 Å². The first kappa shape index (κ1) is 8.46. The van der Waals surface area contributed by atoms with Crippen LogP contribution in [-0.4, -0.2) is 5.78 Å². The van der Waals surface area contributed by atoms with Crippen LogP contribution in [0.4, 0.5) is 0 Å². The van der Waals surface area contributed by atoms with Gasteiger partial charge in [-0.2, -0.15) is 0 Å². The van der Waals surface area contributed by atoms with E-state index in [1.165, 1.54) is 6.08 Å². The molecule has 1 rings (SSSR count). The number of ketones is 1. The molecule has 0 amide bonds. The lowest BCUT2D eigenvalue weighted by atomic mass is 10.1. The zero-order valence-corrected chi connectivity index (χ0v) is 8.04. The molecule has 0 aromatic heterocycles. The standard InChI is InChI=1S/C9H7IO/c1-2-9(11)7-5-3-4-6-8(7)10/h2-6H,1H2. The summed E-state index contributed by atoms with van der Waals surface area (Å²) in [5, 5.41) is 0. The van der Waals surface area contributed by atoms with E-state index in [0.717, 1.165) is 9.13 Å². The molecular weight excluding hydrogens is 251 g/mol. The van der Waals surface area contributed by atoms with E-state index in [9.17, 15) is 4.79 Å². The number of hydrogen-bond donors (Lipinski definition) is 0. The lowest BCUT2D eigenvalue weighted by molar-refractivity contribution is 0.104. The molecule has 0 saturated carbocycles. The van der Waals surface area contributed by atoms with Crippen LogP contribution in [0.5, 0.6) is 0 Å². The molecule has 1 aromatic carbocycles. The molecule has 0 saturated heterocycles. The molecule has 0 aliphatic rings. The Morgan fingerprint density at radius 2 is 2.09 bits per heavy atom. The van der Waals surface area contributed by atoms with Gasteiger partial charge in [-0.15, -0.1) is 0 Å².